The van der Waals surface area contributed by atoms with Gasteiger partial charge in [-0.15, -0.1) is 0 Å². The normalized spacial score (nSPS) is 11.8. The highest BCUT2D eigenvalue weighted by Crippen LogP contribution is 2.24. The third kappa shape index (κ3) is 4.28. The molecule has 1 amide bonds. The zero-order valence-electron chi connectivity index (χ0n) is 11.3. The summed E-state index contributed by atoms with van der Waals surface area (Å²) in [6.45, 7) is 1.65. The van der Waals surface area contributed by atoms with Crippen LogP contribution in [-0.4, -0.2) is 12.0 Å². The molecule has 110 valence electrons. The van der Waals surface area contributed by atoms with Crippen LogP contribution in [-0.2, 0) is 4.79 Å². The van der Waals surface area contributed by atoms with E-state index in [0.29, 0.717) is 27.2 Å². The van der Waals surface area contributed by atoms with Crippen molar-refractivity contribution in [3.8, 4) is 5.75 Å². The predicted molar refractivity (Wildman–Crippen MR) is 86.0 cm³/mol. The number of hydrogen-bond acceptors (Lipinski definition) is 3. The first kappa shape index (κ1) is 15.5. The number of benzene rings is 2. The molecule has 0 aliphatic rings. The molecule has 0 fully saturated rings. The van der Waals surface area contributed by atoms with E-state index < -0.39 is 6.10 Å². The van der Waals surface area contributed by atoms with Gasteiger partial charge in [-0.1, -0.05) is 23.2 Å². The summed E-state index contributed by atoms with van der Waals surface area (Å²) in [6.07, 6.45) is -0.681. The quantitative estimate of drug-likeness (QED) is 0.836. The van der Waals surface area contributed by atoms with E-state index in [-0.39, 0.29) is 5.91 Å². The first-order chi connectivity index (χ1) is 9.95. The Bertz CT molecular complexity index is 645. The fourth-order valence-electron chi connectivity index (χ4n) is 1.64. The lowest BCUT2D eigenvalue weighted by molar-refractivity contribution is -0.122. The number of rotatable bonds is 4. The van der Waals surface area contributed by atoms with Crippen LogP contribution in [0.1, 0.15) is 6.92 Å². The molecule has 0 aliphatic heterocycles. The second-order valence-electron chi connectivity index (χ2n) is 4.44. The molecular weight excluding hydrogens is 311 g/mol. The van der Waals surface area contributed by atoms with Gasteiger partial charge < -0.3 is 15.8 Å². The molecule has 2 rings (SSSR count). The van der Waals surface area contributed by atoms with Gasteiger partial charge >= 0.3 is 0 Å². The molecule has 0 heterocycles. The first-order valence-electron chi connectivity index (χ1n) is 6.24. The van der Waals surface area contributed by atoms with Crippen LogP contribution in [0.4, 0.5) is 11.4 Å². The zero-order chi connectivity index (χ0) is 15.4. The molecule has 0 saturated carbocycles. The fourth-order valence-corrected chi connectivity index (χ4v) is 2.00. The van der Waals surface area contributed by atoms with Crippen molar-refractivity contribution in [2.45, 2.75) is 13.0 Å². The topological polar surface area (TPSA) is 64.3 Å². The van der Waals surface area contributed by atoms with Crippen LogP contribution in [0.5, 0.6) is 5.75 Å². The molecule has 0 aromatic heterocycles. The molecule has 2 aromatic rings. The molecule has 1 unspecified atom stereocenters. The Morgan fingerprint density at radius 3 is 2.48 bits per heavy atom. The fraction of sp³-hybridized carbons (Fsp3) is 0.133. The van der Waals surface area contributed by atoms with Crippen LogP contribution < -0.4 is 15.8 Å². The van der Waals surface area contributed by atoms with Crippen LogP contribution in [0, 0.1) is 0 Å². The minimum absolute atomic E-state index is 0.309. The molecule has 0 aliphatic carbocycles. The van der Waals surface area contributed by atoms with Crippen LogP contribution in [0.2, 0.25) is 10.0 Å². The van der Waals surface area contributed by atoms with Gasteiger partial charge in [0.15, 0.2) is 6.10 Å². The summed E-state index contributed by atoms with van der Waals surface area (Å²) < 4.78 is 5.53. The monoisotopic (exact) mass is 324 g/mol. The second kappa shape index (κ2) is 6.70. The Morgan fingerprint density at radius 2 is 1.86 bits per heavy atom. The number of carbonyl (C=O) groups is 1. The highest BCUT2D eigenvalue weighted by Gasteiger charge is 2.16. The average Bonchev–Trinajstić information content (AvgIpc) is 2.44. The van der Waals surface area contributed by atoms with Gasteiger partial charge in [0, 0.05) is 10.7 Å². The number of carbonyl (C=O) groups excluding carboxylic acids is 1. The Balaban J connectivity index is 2.00. The molecule has 2 aromatic carbocycles. The summed E-state index contributed by atoms with van der Waals surface area (Å²) in [5, 5.41) is 3.67. The Kier molecular flexibility index (Phi) is 4.94. The Hall–Kier alpha value is -1.91. The number of anilines is 2. The minimum atomic E-state index is -0.681. The standard InChI is InChI=1S/C15H14Cl2N2O2/c1-9(21-12-5-2-10(16)3-6-12)15(20)19-14-7-4-11(18)8-13(14)17/h2-9H,18H2,1H3,(H,19,20). The van der Waals surface area contributed by atoms with E-state index in [1.54, 1.807) is 49.4 Å². The SMILES string of the molecule is CC(Oc1ccc(Cl)cc1)C(=O)Nc1ccc(N)cc1Cl. The zero-order valence-corrected chi connectivity index (χ0v) is 12.8. The molecule has 0 radical (unpaired) electrons. The third-order valence-corrected chi connectivity index (χ3v) is 3.31. The number of nitrogens with two attached hydrogens (primary N) is 1. The van der Waals surface area contributed by atoms with E-state index in [9.17, 15) is 4.79 Å². The highest BCUT2D eigenvalue weighted by molar-refractivity contribution is 6.34. The van der Waals surface area contributed by atoms with Crippen molar-refractivity contribution in [2.24, 2.45) is 0 Å². The van der Waals surface area contributed by atoms with Crippen LogP contribution in [0.15, 0.2) is 42.5 Å². The number of halogens is 2. The van der Waals surface area contributed by atoms with Gasteiger partial charge in [-0.05, 0) is 49.4 Å². The van der Waals surface area contributed by atoms with Crippen LogP contribution in [0.3, 0.4) is 0 Å². The van der Waals surface area contributed by atoms with Crippen molar-refractivity contribution in [3.63, 3.8) is 0 Å². The maximum atomic E-state index is 12.1. The van der Waals surface area contributed by atoms with E-state index in [4.69, 9.17) is 33.7 Å². The molecule has 0 bridgehead atoms. The second-order valence-corrected chi connectivity index (χ2v) is 5.29. The van der Waals surface area contributed by atoms with Crippen molar-refractivity contribution >= 4 is 40.5 Å². The first-order valence-corrected chi connectivity index (χ1v) is 6.99. The van der Waals surface area contributed by atoms with Crippen molar-refractivity contribution in [1.29, 1.82) is 0 Å². The van der Waals surface area contributed by atoms with E-state index in [2.05, 4.69) is 5.32 Å². The summed E-state index contributed by atoms with van der Waals surface area (Å²) in [5.74, 6) is 0.252. The highest BCUT2D eigenvalue weighted by atomic mass is 35.5. The van der Waals surface area contributed by atoms with E-state index in [0.717, 1.165) is 0 Å². The van der Waals surface area contributed by atoms with Crippen molar-refractivity contribution in [1.82, 2.24) is 0 Å². The summed E-state index contributed by atoms with van der Waals surface area (Å²) in [5.41, 5.74) is 6.62. The molecular formula is C15H14Cl2N2O2. The Morgan fingerprint density at radius 1 is 1.19 bits per heavy atom. The number of ether oxygens (including phenoxy) is 1. The van der Waals surface area contributed by atoms with E-state index in [1.807, 2.05) is 0 Å². The molecule has 1 atom stereocenters. The lowest BCUT2D eigenvalue weighted by Gasteiger charge is -2.15. The number of hydrogen-bond donors (Lipinski definition) is 2. The number of amides is 1. The lowest BCUT2D eigenvalue weighted by atomic mass is 10.2. The summed E-state index contributed by atoms with van der Waals surface area (Å²) in [7, 11) is 0. The largest absolute Gasteiger partial charge is 0.481 e. The maximum Gasteiger partial charge on any atom is 0.265 e. The summed E-state index contributed by atoms with van der Waals surface area (Å²) in [4.78, 5) is 12.1. The molecule has 0 saturated heterocycles. The smallest absolute Gasteiger partial charge is 0.265 e. The van der Waals surface area contributed by atoms with Crippen molar-refractivity contribution in [3.05, 3.63) is 52.5 Å². The predicted octanol–water partition coefficient (Wildman–Crippen LogP) is 3.98. The number of nitrogen functional groups attached to an aromatic ring is 1. The van der Waals surface area contributed by atoms with Gasteiger partial charge in [-0.25, -0.2) is 0 Å². The minimum Gasteiger partial charge on any atom is -0.481 e. The van der Waals surface area contributed by atoms with Gasteiger partial charge in [0.1, 0.15) is 5.75 Å². The maximum absolute atomic E-state index is 12.1. The molecule has 3 N–H and O–H groups in total. The lowest BCUT2D eigenvalue weighted by Crippen LogP contribution is -2.30. The Labute approximate surface area is 132 Å². The van der Waals surface area contributed by atoms with Crippen molar-refractivity contribution in [2.75, 3.05) is 11.1 Å². The summed E-state index contributed by atoms with van der Waals surface area (Å²) in [6, 6.07) is 11.7. The van der Waals surface area contributed by atoms with Gasteiger partial charge in [-0.2, -0.15) is 0 Å². The van der Waals surface area contributed by atoms with E-state index in [1.165, 1.54) is 0 Å². The van der Waals surface area contributed by atoms with E-state index >= 15 is 0 Å². The van der Waals surface area contributed by atoms with Gasteiger partial charge in [0.05, 0.1) is 10.7 Å². The third-order valence-electron chi connectivity index (χ3n) is 2.75. The molecule has 6 heteroatoms. The van der Waals surface area contributed by atoms with Crippen molar-refractivity contribution < 1.29 is 9.53 Å². The molecule has 21 heavy (non-hydrogen) atoms. The van der Waals surface area contributed by atoms with Crippen LogP contribution in [0.25, 0.3) is 0 Å². The summed E-state index contributed by atoms with van der Waals surface area (Å²) >= 11 is 11.8. The molecule has 4 nitrogen and oxygen atoms in total. The van der Waals surface area contributed by atoms with Gasteiger partial charge in [0.2, 0.25) is 0 Å². The average molecular weight is 325 g/mol. The van der Waals surface area contributed by atoms with Gasteiger partial charge in [0.25, 0.3) is 5.91 Å². The number of nitrogens with one attached hydrogen (secondary N) is 1. The molecule has 0 spiro atoms. The van der Waals surface area contributed by atoms with Gasteiger partial charge in [-0.3, -0.25) is 4.79 Å². The van der Waals surface area contributed by atoms with Crippen LogP contribution >= 0.6 is 23.2 Å².